The molecule has 3 aromatic carbocycles. The summed E-state index contributed by atoms with van der Waals surface area (Å²) in [5.74, 6) is 0.933. The van der Waals surface area contributed by atoms with Gasteiger partial charge in [0.25, 0.3) is 0 Å². The first-order chi connectivity index (χ1) is 11.8. The van der Waals surface area contributed by atoms with E-state index in [1.165, 1.54) is 10.5 Å². The molecule has 0 saturated carbocycles. The van der Waals surface area contributed by atoms with Crippen molar-refractivity contribution in [1.29, 1.82) is 0 Å². The minimum atomic E-state index is -0.245. The van der Waals surface area contributed by atoms with Gasteiger partial charge >= 0.3 is 6.03 Å². The van der Waals surface area contributed by atoms with Gasteiger partial charge in [-0.05, 0) is 42.0 Å². The molecule has 0 aromatic heterocycles. The van der Waals surface area contributed by atoms with Crippen LogP contribution in [0.15, 0.2) is 89.8 Å². The third-order valence-corrected chi connectivity index (χ3v) is 4.48. The second-order valence-corrected chi connectivity index (χ2v) is 6.29. The lowest BCUT2D eigenvalue weighted by Gasteiger charge is -2.08. The molecular weight excluding hydrogens is 316 g/mol. The molecule has 0 heterocycles. The molecule has 2 amide bonds. The molecule has 3 nitrogen and oxygen atoms in total. The van der Waals surface area contributed by atoms with Gasteiger partial charge in [0.1, 0.15) is 0 Å². The number of carbonyl (C=O) groups is 1. The van der Waals surface area contributed by atoms with Crippen LogP contribution in [-0.2, 0) is 5.75 Å². The van der Waals surface area contributed by atoms with Crippen molar-refractivity contribution in [2.45, 2.75) is 10.6 Å². The maximum atomic E-state index is 12.0. The lowest BCUT2D eigenvalue weighted by Crippen LogP contribution is -2.19. The number of para-hydroxylation sites is 1. The monoisotopic (exact) mass is 334 g/mol. The van der Waals surface area contributed by atoms with Gasteiger partial charge in [0.2, 0.25) is 0 Å². The van der Waals surface area contributed by atoms with Crippen molar-refractivity contribution in [2.75, 3.05) is 10.6 Å². The van der Waals surface area contributed by atoms with Crippen LogP contribution in [0, 0.1) is 0 Å². The largest absolute Gasteiger partial charge is 0.323 e. The Bertz CT molecular complexity index is 774. The second kappa shape index (κ2) is 8.22. The van der Waals surface area contributed by atoms with E-state index in [0.29, 0.717) is 0 Å². The zero-order valence-electron chi connectivity index (χ0n) is 13.1. The zero-order valence-corrected chi connectivity index (χ0v) is 13.9. The van der Waals surface area contributed by atoms with E-state index in [4.69, 9.17) is 0 Å². The van der Waals surface area contributed by atoms with Gasteiger partial charge in [0.05, 0.1) is 0 Å². The van der Waals surface area contributed by atoms with Crippen molar-refractivity contribution in [3.05, 3.63) is 90.5 Å². The van der Waals surface area contributed by atoms with E-state index in [0.717, 1.165) is 17.1 Å². The summed E-state index contributed by atoms with van der Waals surface area (Å²) in [5, 5.41) is 5.63. The summed E-state index contributed by atoms with van der Waals surface area (Å²) >= 11 is 1.78. The smallest absolute Gasteiger partial charge is 0.308 e. The van der Waals surface area contributed by atoms with Crippen LogP contribution in [0.2, 0.25) is 0 Å². The molecule has 0 fully saturated rings. The highest BCUT2D eigenvalue weighted by Gasteiger charge is 2.03. The van der Waals surface area contributed by atoms with Crippen molar-refractivity contribution < 1.29 is 4.79 Å². The number of benzene rings is 3. The predicted molar refractivity (Wildman–Crippen MR) is 102 cm³/mol. The lowest BCUT2D eigenvalue weighted by atomic mass is 10.2. The summed E-state index contributed by atoms with van der Waals surface area (Å²) in [7, 11) is 0. The molecule has 4 heteroatoms. The van der Waals surface area contributed by atoms with Crippen molar-refractivity contribution in [3.8, 4) is 0 Å². The van der Waals surface area contributed by atoms with E-state index in [1.54, 1.807) is 11.8 Å². The fraction of sp³-hybridized carbons (Fsp3) is 0.0500. The third-order valence-electron chi connectivity index (χ3n) is 3.39. The van der Waals surface area contributed by atoms with Crippen molar-refractivity contribution in [1.82, 2.24) is 0 Å². The SMILES string of the molecule is O=C(Nc1ccccc1)Nc1ccc(SCc2ccccc2)cc1. The second-order valence-electron chi connectivity index (χ2n) is 5.24. The molecule has 120 valence electrons. The summed E-state index contributed by atoms with van der Waals surface area (Å²) in [5.41, 5.74) is 2.84. The fourth-order valence-corrected chi connectivity index (χ4v) is 3.04. The van der Waals surface area contributed by atoms with Crippen molar-refractivity contribution in [3.63, 3.8) is 0 Å². The molecule has 3 rings (SSSR count). The van der Waals surface area contributed by atoms with Gasteiger partial charge < -0.3 is 10.6 Å². The van der Waals surface area contributed by atoms with E-state index < -0.39 is 0 Å². The van der Waals surface area contributed by atoms with Gasteiger partial charge in [-0.25, -0.2) is 4.79 Å². The number of anilines is 2. The normalized spacial score (nSPS) is 10.2. The minimum absolute atomic E-state index is 0.245. The minimum Gasteiger partial charge on any atom is -0.308 e. The first kappa shape index (κ1) is 16.1. The Hall–Kier alpha value is -2.72. The number of urea groups is 1. The maximum Gasteiger partial charge on any atom is 0.323 e. The van der Waals surface area contributed by atoms with E-state index >= 15 is 0 Å². The summed E-state index contributed by atoms with van der Waals surface area (Å²) < 4.78 is 0. The molecule has 0 aliphatic heterocycles. The molecular formula is C20H18N2OS. The van der Waals surface area contributed by atoms with Crippen molar-refractivity contribution in [2.24, 2.45) is 0 Å². The number of amides is 2. The standard InChI is InChI=1S/C20H18N2OS/c23-20(21-17-9-5-2-6-10-17)22-18-11-13-19(14-12-18)24-15-16-7-3-1-4-8-16/h1-14H,15H2,(H2,21,22,23). The number of carbonyl (C=O) groups excluding carboxylic acids is 1. The van der Waals surface area contributed by atoms with Crippen LogP contribution in [0.3, 0.4) is 0 Å². The van der Waals surface area contributed by atoms with E-state index in [-0.39, 0.29) is 6.03 Å². The molecule has 24 heavy (non-hydrogen) atoms. The van der Waals surface area contributed by atoms with Gasteiger partial charge in [0, 0.05) is 22.0 Å². The highest BCUT2D eigenvalue weighted by Crippen LogP contribution is 2.24. The van der Waals surface area contributed by atoms with E-state index in [1.807, 2.05) is 72.8 Å². The summed E-state index contributed by atoms with van der Waals surface area (Å²) in [6.07, 6.45) is 0. The molecule has 0 radical (unpaired) electrons. The molecule has 0 aliphatic carbocycles. The van der Waals surface area contributed by atoms with Crippen LogP contribution >= 0.6 is 11.8 Å². The molecule has 0 unspecified atom stereocenters. The number of thioether (sulfide) groups is 1. The molecule has 3 aromatic rings. The number of hydrogen-bond donors (Lipinski definition) is 2. The van der Waals surface area contributed by atoms with Crippen LogP contribution in [-0.4, -0.2) is 6.03 Å². The third kappa shape index (κ3) is 4.89. The quantitative estimate of drug-likeness (QED) is 0.594. The van der Waals surface area contributed by atoms with E-state index in [2.05, 4.69) is 22.8 Å². The Morgan fingerprint density at radius 2 is 1.25 bits per heavy atom. The first-order valence-corrected chi connectivity index (χ1v) is 8.68. The summed E-state index contributed by atoms with van der Waals surface area (Å²) in [4.78, 5) is 13.1. The van der Waals surface area contributed by atoms with E-state index in [9.17, 15) is 4.79 Å². The Labute approximate surface area is 146 Å². The van der Waals surface area contributed by atoms with Gasteiger partial charge in [-0.1, -0.05) is 48.5 Å². The molecule has 0 aliphatic rings. The van der Waals surface area contributed by atoms with Gasteiger partial charge in [-0.3, -0.25) is 0 Å². The molecule has 0 spiro atoms. The van der Waals surface area contributed by atoms with Gasteiger partial charge in [-0.2, -0.15) is 0 Å². The van der Waals surface area contributed by atoms with Crippen LogP contribution in [0.5, 0.6) is 0 Å². The summed E-state index contributed by atoms with van der Waals surface area (Å²) in [6.45, 7) is 0. The number of rotatable bonds is 5. The Morgan fingerprint density at radius 3 is 1.88 bits per heavy atom. The average Bonchev–Trinajstić information content (AvgIpc) is 2.63. The number of nitrogens with one attached hydrogen (secondary N) is 2. The molecule has 0 atom stereocenters. The Morgan fingerprint density at radius 1 is 0.708 bits per heavy atom. The van der Waals surface area contributed by atoms with Crippen LogP contribution in [0.4, 0.5) is 16.2 Å². The molecule has 0 saturated heterocycles. The number of hydrogen-bond acceptors (Lipinski definition) is 2. The summed E-state index contributed by atoms with van der Waals surface area (Å²) in [6, 6.07) is 27.4. The predicted octanol–water partition coefficient (Wildman–Crippen LogP) is 5.62. The fourth-order valence-electron chi connectivity index (χ4n) is 2.19. The highest BCUT2D eigenvalue weighted by atomic mass is 32.2. The van der Waals surface area contributed by atoms with Crippen LogP contribution < -0.4 is 10.6 Å². The Balaban J connectivity index is 1.51. The maximum absolute atomic E-state index is 12.0. The zero-order chi connectivity index (χ0) is 16.6. The van der Waals surface area contributed by atoms with Gasteiger partial charge in [0.15, 0.2) is 0 Å². The van der Waals surface area contributed by atoms with Gasteiger partial charge in [-0.15, -0.1) is 11.8 Å². The highest BCUT2D eigenvalue weighted by molar-refractivity contribution is 7.98. The van der Waals surface area contributed by atoms with Crippen LogP contribution in [0.1, 0.15) is 5.56 Å². The van der Waals surface area contributed by atoms with Crippen molar-refractivity contribution >= 4 is 29.2 Å². The van der Waals surface area contributed by atoms with Crippen LogP contribution in [0.25, 0.3) is 0 Å². The topological polar surface area (TPSA) is 41.1 Å². The first-order valence-electron chi connectivity index (χ1n) is 7.69. The molecule has 0 bridgehead atoms. The molecule has 2 N–H and O–H groups in total. The lowest BCUT2D eigenvalue weighted by molar-refractivity contribution is 0.262. The Kier molecular flexibility index (Phi) is 5.53. The average molecular weight is 334 g/mol.